The molecule has 3 atom stereocenters. The van der Waals surface area contributed by atoms with Gasteiger partial charge in [0.15, 0.2) is 0 Å². The Morgan fingerprint density at radius 1 is 1.12 bits per heavy atom. The van der Waals surface area contributed by atoms with E-state index in [0.717, 1.165) is 24.7 Å². The Balaban J connectivity index is 1.69. The van der Waals surface area contributed by atoms with Crippen LogP contribution < -0.4 is 5.32 Å². The minimum atomic E-state index is 0.750. The molecule has 0 unspecified atom stereocenters. The summed E-state index contributed by atoms with van der Waals surface area (Å²) in [6.45, 7) is 1.15. The van der Waals surface area contributed by atoms with Gasteiger partial charge in [0.2, 0.25) is 0 Å². The Hall–Kier alpha value is -0.860. The lowest BCUT2D eigenvalue weighted by molar-refractivity contribution is 0.111. The first-order valence-electron chi connectivity index (χ1n) is 6.84. The molecule has 0 aliphatic carbocycles. The van der Waals surface area contributed by atoms with Gasteiger partial charge in [-0.1, -0.05) is 30.3 Å². The molecule has 0 saturated carbocycles. The number of fused-ring (bicyclic) bond motifs is 2. The lowest BCUT2D eigenvalue weighted by Crippen LogP contribution is -2.47. The molecule has 3 rings (SSSR count). The molecule has 1 aromatic rings. The molecule has 2 nitrogen and oxygen atoms in total. The Kier molecular flexibility index (Phi) is 3.17. The van der Waals surface area contributed by atoms with E-state index in [4.69, 9.17) is 0 Å². The van der Waals surface area contributed by atoms with Crippen molar-refractivity contribution in [3.05, 3.63) is 35.9 Å². The number of nitrogens with zero attached hydrogens (tertiary/aromatic N) is 1. The van der Waals surface area contributed by atoms with Crippen LogP contribution in [0.4, 0.5) is 0 Å². The van der Waals surface area contributed by atoms with Crippen LogP contribution in [0.3, 0.4) is 0 Å². The van der Waals surface area contributed by atoms with Crippen molar-refractivity contribution in [2.45, 2.75) is 50.4 Å². The normalized spacial score (nSPS) is 32.9. The maximum Gasteiger partial charge on any atom is 0.0239 e. The molecule has 2 heteroatoms. The Bertz CT molecular complexity index is 348. The van der Waals surface area contributed by atoms with Gasteiger partial charge in [-0.2, -0.15) is 0 Å². The standard InChI is InChI=1S/C15H22N2/c1-16-13-9-14-7-8-15(10-13)17(14)11-12-5-3-2-4-6-12/h2-6,13-16H,7-11H2,1H3/t13-,14-,15+. The second kappa shape index (κ2) is 4.79. The van der Waals surface area contributed by atoms with Gasteiger partial charge in [0.25, 0.3) is 0 Å². The third-order valence-electron chi connectivity index (χ3n) is 4.50. The van der Waals surface area contributed by atoms with E-state index in [2.05, 4.69) is 47.6 Å². The second-order valence-corrected chi connectivity index (χ2v) is 5.50. The maximum absolute atomic E-state index is 3.46. The molecule has 0 radical (unpaired) electrons. The van der Waals surface area contributed by atoms with Crippen LogP contribution in [-0.2, 0) is 6.54 Å². The first-order valence-corrected chi connectivity index (χ1v) is 6.84. The molecule has 17 heavy (non-hydrogen) atoms. The highest BCUT2D eigenvalue weighted by Crippen LogP contribution is 2.36. The van der Waals surface area contributed by atoms with Gasteiger partial charge in [0, 0.05) is 24.7 Å². The van der Waals surface area contributed by atoms with E-state index in [1.165, 1.54) is 31.2 Å². The molecular formula is C15H22N2. The fourth-order valence-corrected chi connectivity index (χ4v) is 3.56. The van der Waals surface area contributed by atoms with Gasteiger partial charge in [-0.05, 0) is 38.3 Å². The number of rotatable bonds is 3. The van der Waals surface area contributed by atoms with E-state index in [1.54, 1.807) is 0 Å². The molecule has 0 aromatic heterocycles. The fourth-order valence-electron chi connectivity index (χ4n) is 3.56. The van der Waals surface area contributed by atoms with Crippen molar-refractivity contribution in [1.29, 1.82) is 0 Å². The van der Waals surface area contributed by atoms with Crippen LogP contribution in [0.15, 0.2) is 30.3 Å². The second-order valence-electron chi connectivity index (χ2n) is 5.50. The Morgan fingerprint density at radius 3 is 2.35 bits per heavy atom. The number of hydrogen-bond acceptors (Lipinski definition) is 2. The predicted molar refractivity (Wildman–Crippen MR) is 70.9 cm³/mol. The zero-order chi connectivity index (χ0) is 11.7. The molecule has 0 spiro atoms. The molecule has 92 valence electrons. The van der Waals surface area contributed by atoms with Gasteiger partial charge in [-0.15, -0.1) is 0 Å². The van der Waals surface area contributed by atoms with Crippen molar-refractivity contribution < 1.29 is 0 Å². The minimum Gasteiger partial charge on any atom is -0.317 e. The van der Waals surface area contributed by atoms with Crippen LogP contribution in [0.25, 0.3) is 0 Å². The monoisotopic (exact) mass is 230 g/mol. The summed E-state index contributed by atoms with van der Waals surface area (Å²) in [5.41, 5.74) is 1.47. The molecule has 2 aliphatic heterocycles. The van der Waals surface area contributed by atoms with Gasteiger partial charge >= 0.3 is 0 Å². The lowest BCUT2D eigenvalue weighted by atomic mass is 9.97. The van der Waals surface area contributed by atoms with Crippen molar-refractivity contribution in [2.24, 2.45) is 0 Å². The summed E-state index contributed by atoms with van der Waals surface area (Å²) in [5, 5.41) is 3.46. The van der Waals surface area contributed by atoms with Gasteiger partial charge < -0.3 is 5.32 Å². The summed E-state index contributed by atoms with van der Waals surface area (Å²) >= 11 is 0. The van der Waals surface area contributed by atoms with Crippen molar-refractivity contribution >= 4 is 0 Å². The lowest BCUT2D eigenvalue weighted by Gasteiger charge is -2.39. The van der Waals surface area contributed by atoms with Crippen molar-refractivity contribution in [1.82, 2.24) is 10.2 Å². The van der Waals surface area contributed by atoms with E-state index in [1.807, 2.05) is 0 Å². The largest absolute Gasteiger partial charge is 0.317 e. The van der Waals surface area contributed by atoms with Gasteiger partial charge in [0.1, 0.15) is 0 Å². The maximum atomic E-state index is 3.46. The molecule has 0 amide bonds. The molecule has 1 N–H and O–H groups in total. The van der Waals surface area contributed by atoms with Crippen LogP contribution in [0, 0.1) is 0 Å². The molecule has 2 heterocycles. The van der Waals surface area contributed by atoms with Crippen molar-refractivity contribution in [3.8, 4) is 0 Å². The average Bonchev–Trinajstić information content (AvgIpc) is 2.63. The summed E-state index contributed by atoms with van der Waals surface area (Å²) < 4.78 is 0. The number of hydrogen-bond donors (Lipinski definition) is 1. The summed E-state index contributed by atoms with van der Waals surface area (Å²) in [4.78, 5) is 2.74. The Morgan fingerprint density at radius 2 is 1.76 bits per heavy atom. The SMILES string of the molecule is CN[C@@H]1C[C@H]2CC[C@@H](C1)N2Cc1ccccc1. The summed E-state index contributed by atoms with van der Waals surface area (Å²) in [6.07, 6.45) is 5.46. The van der Waals surface area contributed by atoms with Crippen molar-refractivity contribution in [2.75, 3.05) is 7.05 Å². The van der Waals surface area contributed by atoms with E-state index in [9.17, 15) is 0 Å². The molecule has 1 aromatic carbocycles. The predicted octanol–water partition coefficient (Wildman–Crippen LogP) is 2.40. The van der Waals surface area contributed by atoms with Crippen LogP contribution in [0.1, 0.15) is 31.2 Å². The first kappa shape index (κ1) is 11.2. The third kappa shape index (κ3) is 2.24. The van der Waals surface area contributed by atoms with Crippen LogP contribution in [0.5, 0.6) is 0 Å². The smallest absolute Gasteiger partial charge is 0.0239 e. The summed E-state index contributed by atoms with van der Waals surface area (Å²) in [6, 6.07) is 13.3. The van der Waals surface area contributed by atoms with Gasteiger partial charge in [-0.25, -0.2) is 0 Å². The van der Waals surface area contributed by atoms with Gasteiger partial charge in [0.05, 0.1) is 0 Å². The molecule has 2 fully saturated rings. The van der Waals surface area contributed by atoms with Crippen LogP contribution in [0.2, 0.25) is 0 Å². The molecule has 2 bridgehead atoms. The van der Waals surface area contributed by atoms with Crippen LogP contribution >= 0.6 is 0 Å². The number of nitrogens with one attached hydrogen (secondary N) is 1. The zero-order valence-corrected chi connectivity index (χ0v) is 10.6. The molecule has 2 saturated heterocycles. The van der Waals surface area contributed by atoms with E-state index in [-0.39, 0.29) is 0 Å². The highest BCUT2D eigenvalue weighted by atomic mass is 15.2. The quantitative estimate of drug-likeness (QED) is 0.858. The summed E-state index contributed by atoms with van der Waals surface area (Å²) in [7, 11) is 2.11. The Labute approximate surface area is 104 Å². The highest BCUT2D eigenvalue weighted by molar-refractivity contribution is 5.15. The molecule has 2 aliphatic rings. The van der Waals surface area contributed by atoms with E-state index < -0.39 is 0 Å². The molecular weight excluding hydrogens is 208 g/mol. The minimum absolute atomic E-state index is 0.750. The zero-order valence-electron chi connectivity index (χ0n) is 10.6. The van der Waals surface area contributed by atoms with Gasteiger partial charge in [-0.3, -0.25) is 4.90 Å². The number of piperidine rings is 1. The topological polar surface area (TPSA) is 15.3 Å². The fraction of sp³-hybridized carbons (Fsp3) is 0.600. The number of benzene rings is 1. The van der Waals surface area contributed by atoms with Crippen molar-refractivity contribution in [3.63, 3.8) is 0 Å². The average molecular weight is 230 g/mol. The highest BCUT2D eigenvalue weighted by Gasteiger charge is 2.39. The first-order chi connectivity index (χ1) is 8.36. The van der Waals surface area contributed by atoms with Crippen LogP contribution in [-0.4, -0.2) is 30.1 Å². The summed E-state index contributed by atoms with van der Waals surface area (Å²) in [5.74, 6) is 0. The third-order valence-corrected chi connectivity index (χ3v) is 4.50. The van der Waals surface area contributed by atoms with E-state index in [0.29, 0.717) is 0 Å². The van der Waals surface area contributed by atoms with E-state index >= 15 is 0 Å².